The molecule has 0 bridgehead atoms. The van der Waals surface area contributed by atoms with Crippen molar-refractivity contribution in [1.82, 2.24) is 15.1 Å². The van der Waals surface area contributed by atoms with Crippen molar-refractivity contribution in [3.63, 3.8) is 0 Å². The smallest absolute Gasteiger partial charge is 0.317 e. The number of carbonyl (C=O) groups excluding carboxylic acids is 1. The summed E-state index contributed by atoms with van der Waals surface area (Å²) in [5, 5.41) is 12.1. The predicted octanol–water partition coefficient (Wildman–Crippen LogP) is 0.770. The first-order chi connectivity index (χ1) is 10.3. The maximum atomic E-state index is 11.9. The molecule has 0 aromatic heterocycles. The van der Waals surface area contributed by atoms with Gasteiger partial charge in [-0.15, -0.1) is 0 Å². The Labute approximate surface area is 132 Å². The summed E-state index contributed by atoms with van der Waals surface area (Å²) >= 11 is 0. The minimum absolute atomic E-state index is 0.0617. The molecule has 2 saturated carbocycles. The lowest BCUT2D eigenvalue weighted by Crippen LogP contribution is -2.56. The van der Waals surface area contributed by atoms with Crippen LogP contribution in [0.4, 0.5) is 0 Å². The summed E-state index contributed by atoms with van der Waals surface area (Å²) in [6, 6.07) is 0.864. The maximum Gasteiger partial charge on any atom is 0.317 e. The first-order valence-electron chi connectivity index (χ1n) is 8.30. The Bertz CT molecular complexity index is 403. The molecule has 0 saturated heterocycles. The molecule has 6 heteroatoms. The van der Waals surface area contributed by atoms with Crippen LogP contribution < -0.4 is 5.32 Å². The van der Waals surface area contributed by atoms with E-state index in [9.17, 15) is 9.59 Å². The van der Waals surface area contributed by atoms with Gasteiger partial charge in [-0.2, -0.15) is 0 Å². The molecule has 2 rings (SSSR count). The van der Waals surface area contributed by atoms with Gasteiger partial charge in [-0.3, -0.25) is 19.4 Å². The molecule has 126 valence electrons. The van der Waals surface area contributed by atoms with Crippen LogP contribution in [-0.2, 0) is 9.59 Å². The summed E-state index contributed by atoms with van der Waals surface area (Å²) in [6.45, 7) is 5.56. The van der Waals surface area contributed by atoms with Crippen molar-refractivity contribution in [2.24, 2.45) is 5.92 Å². The average Bonchev–Trinajstić information content (AvgIpc) is 3.15. The standard InChI is InChI=1S/C16H29N3O3/c1-11(2)18(3)9-15(20)17-13-6-14(7-13)19(10-16(21)22)8-12-4-5-12/h11-14H,4-10H2,1-3H3,(H,17,20)(H,21,22). The topological polar surface area (TPSA) is 72.9 Å². The van der Waals surface area contributed by atoms with Crippen molar-refractivity contribution in [2.75, 3.05) is 26.7 Å². The Hall–Kier alpha value is -1.14. The summed E-state index contributed by atoms with van der Waals surface area (Å²) in [5.74, 6) is -0.00833. The minimum atomic E-state index is -0.758. The molecule has 0 atom stereocenters. The molecule has 0 radical (unpaired) electrons. The molecule has 2 aliphatic rings. The SMILES string of the molecule is CC(C)N(C)CC(=O)NC1CC(N(CC(=O)O)CC2CC2)C1. The van der Waals surface area contributed by atoms with Gasteiger partial charge in [0.15, 0.2) is 0 Å². The Morgan fingerprint density at radius 2 is 1.86 bits per heavy atom. The lowest BCUT2D eigenvalue weighted by Gasteiger charge is -2.43. The number of carboxylic acid groups (broad SMARTS) is 1. The zero-order valence-corrected chi connectivity index (χ0v) is 13.9. The number of carboxylic acids is 1. The van der Waals surface area contributed by atoms with Crippen LogP contribution >= 0.6 is 0 Å². The largest absolute Gasteiger partial charge is 0.480 e. The number of amides is 1. The molecular weight excluding hydrogens is 282 g/mol. The second-order valence-electron chi connectivity index (χ2n) is 7.17. The number of nitrogens with one attached hydrogen (secondary N) is 1. The molecule has 0 aliphatic heterocycles. The monoisotopic (exact) mass is 311 g/mol. The number of likely N-dealkylation sites (N-methyl/N-ethyl adjacent to an activating group) is 1. The van der Waals surface area contributed by atoms with Crippen LogP contribution in [0.15, 0.2) is 0 Å². The summed E-state index contributed by atoms with van der Waals surface area (Å²) in [6.07, 6.45) is 4.20. The molecule has 2 N–H and O–H groups in total. The molecule has 22 heavy (non-hydrogen) atoms. The van der Waals surface area contributed by atoms with Gasteiger partial charge in [0, 0.05) is 24.7 Å². The van der Waals surface area contributed by atoms with Gasteiger partial charge in [-0.25, -0.2) is 0 Å². The van der Waals surface area contributed by atoms with Crippen LogP contribution in [0.25, 0.3) is 0 Å². The van der Waals surface area contributed by atoms with E-state index in [-0.39, 0.29) is 18.5 Å². The lowest BCUT2D eigenvalue weighted by molar-refractivity contribution is -0.140. The van der Waals surface area contributed by atoms with E-state index in [0.717, 1.165) is 19.4 Å². The molecule has 0 aromatic carbocycles. The average molecular weight is 311 g/mol. The second kappa shape index (κ2) is 7.42. The Kier molecular flexibility index (Phi) is 5.81. The van der Waals surface area contributed by atoms with E-state index in [4.69, 9.17) is 5.11 Å². The van der Waals surface area contributed by atoms with Gasteiger partial charge in [-0.05, 0) is 52.5 Å². The maximum absolute atomic E-state index is 11.9. The first-order valence-corrected chi connectivity index (χ1v) is 8.30. The van der Waals surface area contributed by atoms with Gasteiger partial charge >= 0.3 is 5.97 Å². The van der Waals surface area contributed by atoms with Crippen LogP contribution in [0.5, 0.6) is 0 Å². The third-order valence-electron chi connectivity index (χ3n) is 4.80. The molecular formula is C16H29N3O3. The van der Waals surface area contributed by atoms with E-state index >= 15 is 0 Å². The van der Waals surface area contributed by atoms with Crippen molar-refractivity contribution >= 4 is 11.9 Å². The number of nitrogens with zero attached hydrogens (tertiary/aromatic N) is 2. The van der Waals surface area contributed by atoms with Gasteiger partial charge in [-0.1, -0.05) is 0 Å². The Balaban J connectivity index is 1.70. The van der Waals surface area contributed by atoms with E-state index in [1.54, 1.807) is 0 Å². The highest BCUT2D eigenvalue weighted by molar-refractivity contribution is 5.78. The van der Waals surface area contributed by atoms with Crippen LogP contribution in [-0.4, -0.2) is 71.6 Å². The summed E-state index contributed by atoms with van der Waals surface area (Å²) < 4.78 is 0. The van der Waals surface area contributed by atoms with E-state index in [1.165, 1.54) is 12.8 Å². The van der Waals surface area contributed by atoms with Crippen LogP contribution in [0, 0.1) is 5.92 Å². The number of hydrogen-bond acceptors (Lipinski definition) is 4. The number of carbonyl (C=O) groups is 2. The zero-order chi connectivity index (χ0) is 16.3. The van der Waals surface area contributed by atoms with Crippen molar-refractivity contribution in [3.8, 4) is 0 Å². The highest BCUT2D eigenvalue weighted by Crippen LogP contribution is 2.33. The summed E-state index contributed by atoms with van der Waals surface area (Å²) in [5.41, 5.74) is 0. The molecule has 0 aromatic rings. The molecule has 0 unspecified atom stereocenters. The summed E-state index contributed by atoms with van der Waals surface area (Å²) in [4.78, 5) is 27.0. The third-order valence-corrected chi connectivity index (χ3v) is 4.80. The zero-order valence-electron chi connectivity index (χ0n) is 13.9. The third kappa shape index (κ3) is 5.25. The lowest BCUT2D eigenvalue weighted by atomic mass is 9.85. The van der Waals surface area contributed by atoms with Gasteiger partial charge in [0.1, 0.15) is 0 Å². The highest BCUT2D eigenvalue weighted by Gasteiger charge is 2.37. The summed E-state index contributed by atoms with van der Waals surface area (Å²) in [7, 11) is 1.94. The Morgan fingerprint density at radius 1 is 1.23 bits per heavy atom. The normalized spacial score (nSPS) is 24.6. The molecule has 0 spiro atoms. The number of hydrogen-bond donors (Lipinski definition) is 2. The highest BCUT2D eigenvalue weighted by atomic mass is 16.4. The number of aliphatic carboxylic acids is 1. The molecule has 2 aliphatic carbocycles. The van der Waals surface area contributed by atoms with Gasteiger partial charge in [0.25, 0.3) is 0 Å². The second-order valence-corrected chi connectivity index (χ2v) is 7.17. The molecule has 0 heterocycles. The van der Waals surface area contributed by atoms with Crippen molar-refractivity contribution in [2.45, 2.75) is 57.7 Å². The first kappa shape index (κ1) is 17.2. The van der Waals surface area contributed by atoms with Crippen LogP contribution in [0.1, 0.15) is 39.5 Å². The van der Waals surface area contributed by atoms with E-state index in [1.807, 2.05) is 11.9 Å². The van der Waals surface area contributed by atoms with Crippen LogP contribution in [0.3, 0.4) is 0 Å². The molecule has 6 nitrogen and oxygen atoms in total. The fourth-order valence-electron chi connectivity index (χ4n) is 2.83. The fraction of sp³-hybridized carbons (Fsp3) is 0.875. The fourth-order valence-corrected chi connectivity index (χ4v) is 2.83. The van der Waals surface area contributed by atoms with Crippen LogP contribution in [0.2, 0.25) is 0 Å². The van der Waals surface area contributed by atoms with Crippen molar-refractivity contribution in [1.29, 1.82) is 0 Å². The van der Waals surface area contributed by atoms with E-state index < -0.39 is 5.97 Å². The van der Waals surface area contributed by atoms with E-state index in [2.05, 4.69) is 24.1 Å². The predicted molar refractivity (Wildman–Crippen MR) is 84.7 cm³/mol. The number of rotatable bonds is 9. The van der Waals surface area contributed by atoms with E-state index in [0.29, 0.717) is 24.5 Å². The quantitative estimate of drug-likeness (QED) is 0.658. The van der Waals surface area contributed by atoms with Gasteiger partial charge in [0.05, 0.1) is 13.1 Å². The molecule has 1 amide bonds. The van der Waals surface area contributed by atoms with Gasteiger partial charge < -0.3 is 10.4 Å². The van der Waals surface area contributed by atoms with Gasteiger partial charge in [0.2, 0.25) is 5.91 Å². The van der Waals surface area contributed by atoms with Crippen molar-refractivity contribution < 1.29 is 14.7 Å². The van der Waals surface area contributed by atoms with Crippen molar-refractivity contribution in [3.05, 3.63) is 0 Å². The minimum Gasteiger partial charge on any atom is -0.480 e. The molecule has 2 fully saturated rings. The Morgan fingerprint density at radius 3 is 2.36 bits per heavy atom.